The molecule has 1 unspecified atom stereocenters. The molecule has 0 saturated carbocycles. The normalized spacial score (nSPS) is 12.6. The zero-order valence-corrected chi connectivity index (χ0v) is 11.4. The first kappa shape index (κ1) is 16.0. The Hall–Kier alpha value is -1.04. The maximum absolute atomic E-state index is 13.2. The average Bonchev–Trinajstić information content (AvgIpc) is 2.41. The summed E-state index contributed by atoms with van der Waals surface area (Å²) >= 11 is 0. The van der Waals surface area contributed by atoms with Crippen LogP contribution < -0.4 is 5.32 Å². The Labute approximate surface area is 112 Å². The predicted molar refractivity (Wildman–Crippen MR) is 70.1 cm³/mol. The van der Waals surface area contributed by atoms with Crippen LogP contribution in [0.2, 0.25) is 0 Å². The van der Waals surface area contributed by atoms with E-state index in [0.717, 1.165) is 19.0 Å². The Bertz CT molecular complexity index is 374. The quantitative estimate of drug-likeness (QED) is 0.702. The zero-order chi connectivity index (χ0) is 14.1. The van der Waals surface area contributed by atoms with Gasteiger partial charge in [-0.2, -0.15) is 0 Å². The lowest BCUT2D eigenvalue weighted by Crippen LogP contribution is -2.27. The summed E-state index contributed by atoms with van der Waals surface area (Å²) in [5.41, 5.74) is 0.685. The fourth-order valence-electron chi connectivity index (χ4n) is 1.66. The number of benzene rings is 1. The second kappa shape index (κ2) is 8.96. The molecule has 1 aromatic rings. The number of methoxy groups -OCH3 is 1. The van der Waals surface area contributed by atoms with Crippen LogP contribution in [0.1, 0.15) is 24.9 Å². The molecule has 0 radical (unpaired) electrons. The van der Waals surface area contributed by atoms with E-state index in [1.807, 2.05) is 6.92 Å². The van der Waals surface area contributed by atoms with Crippen molar-refractivity contribution in [1.82, 2.24) is 5.32 Å². The topological polar surface area (TPSA) is 30.5 Å². The summed E-state index contributed by atoms with van der Waals surface area (Å²) in [7, 11) is 1.60. The molecule has 0 aromatic heterocycles. The molecule has 5 heteroatoms. The summed E-state index contributed by atoms with van der Waals surface area (Å²) < 4.78 is 36.5. The van der Waals surface area contributed by atoms with Crippen molar-refractivity contribution < 1.29 is 18.3 Å². The average molecular weight is 273 g/mol. The van der Waals surface area contributed by atoms with Gasteiger partial charge in [-0.05, 0) is 30.7 Å². The molecule has 1 rings (SSSR count). The molecule has 0 aliphatic carbocycles. The van der Waals surface area contributed by atoms with Gasteiger partial charge in [0.2, 0.25) is 0 Å². The number of hydrogen-bond acceptors (Lipinski definition) is 3. The van der Waals surface area contributed by atoms with Crippen molar-refractivity contribution in [3.63, 3.8) is 0 Å². The van der Waals surface area contributed by atoms with Crippen LogP contribution in [0.25, 0.3) is 0 Å². The molecule has 0 amide bonds. The van der Waals surface area contributed by atoms with Gasteiger partial charge < -0.3 is 14.8 Å². The third-order valence-electron chi connectivity index (χ3n) is 2.70. The molecule has 3 nitrogen and oxygen atoms in total. The third kappa shape index (κ3) is 5.63. The first-order valence-electron chi connectivity index (χ1n) is 6.44. The Morgan fingerprint density at radius 3 is 2.63 bits per heavy atom. The lowest BCUT2D eigenvalue weighted by Gasteiger charge is -2.19. The van der Waals surface area contributed by atoms with Gasteiger partial charge in [0, 0.05) is 7.11 Å². The first-order valence-corrected chi connectivity index (χ1v) is 6.44. The summed E-state index contributed by atoms with van der Waals surface area (Å²) in [4.78, 5) is 0. The van der Waals surface area contributed by atoms with Crippen LogP contribution in [0.3, 0.4) is 0 Å². The maximum Gasteiger partial charge on any atom is 0.159 e. The second-order valence-corrected chi connectivity index (χ2v) is 4.25. The van der Waals surface area contributed by atoms with Crippen molar-refractivity contribution in [3.05, 3.63) is 35.4 Å². The van der Waals surface area contributed by atoms with Crippen LogP contribution in [-0.2, 0) is 9.47 Å². The van der Waals surface area contributed by atoms with E-state index in [2.05, 4.69) is 5.32 Å². The van der Waals surface area contributed by atoms with Gasteiger partial charge in [0.25, 0.3) is 0 Å². The molecule has 0 saturated heterocycles. The molecule has 0 fully saturated rings. The largest absolute Gasteiger partial charge is 0.382 e. The molecule has 0 bridgehead atoms. The third-order valence-corrected chi connectivity index (χ3v) is 2.70. The summed E-state index contributed by atoms with van der Waals surface area (Å²) in [5.74, 6) is -1.67. The van der Waals surface area contributed by atoms with E-state index in [0.29, 0.717) is 25.4 Å². The molecule has 19 heavy (non-hydrogen) atoms. The van der Waals surface area contributed by atoms with Crippen molar-refractivity contribution in [2.45, 2.75) is 19.4 Å². The van der Waals surface area contributed by atoms with Crippen LogP contribution in [0.5, 0.6) is 0 Å². The smallest absolute Gasteiger partial charge is 0.159 e. The molecule has 0 spiro atoms. The summed E-state index contributed by atoms with van der Waals surface area (Å²) in [6.07, 6.45) is 0.957. The van der Waals surface area contributed by atoms with Gasteiger partial charge >= 0.3 is 0 Å². The molecular formula is C14H21F2NO2. The number of halogens is 2. The molecule has 0 aliphatic rings. The van der Waals surface area contributed by atoms with E-state index in [1.165, 1.54) is 6.07 Å². The lowest BCUT2D eigenvalue weighted by molar-refractivity contribution is 0.0585. The van der Waals surface area contributed by atoms with E-state index in [4.69, 9.17) is 9.47 Å². The Kier molecular flexibility index (Phi) is 7.55. The number of rotatable bonds is 9. The van der Waals surface area contributed by atoms with Gasteiger partial charge in [-0.1, -0.05) is 13.0 Å². The second-order valence-electron chi connectivity index (χ2n) is 4.25. The van der Waals surface area contributed by atoms with Crippen molar-refractivity contribution in [3.8, 4) is 0 Å². The van der Waals surface area contributed by atoms with Crippen molar-refractivity contribution in [2.75, 3.05) is 33.5 Å². The summed E-state index contributed by atoms with van der Waals surface area (Å²) in [5, 5.41) is 3.25. The van der Waals surface area contributed by atoms with Crippen molar-refractivity contribution in [2.24, 2.45) is 0 Å². The first-order chi connectivity index (χ1) is 9.19. The minimum atomic E-state index is -0.835. The van der Waals surface area contributed by atoms with E-state index < -0.39 is 11.6 Å². The predicted octanol–water partition coefficient (Wildman–Crippen LogP) is 2.67. The minimum Gasteiger partial charge on any atom is -0.382 e. The van der Waals surface area contributed by atoms with Crippen LogP contribution in [0.15, 0.2) is 18.2 Å². The highest BCUT2D eigenvalue weighted by atomic mass is 19.2. The number of ether oxygens (including phenoxy) is 2. The highest BCUT2D eigenvalue weighted by molar-refractivity contribution is 5.21. The van der Waals surface area contributed by atoms with E-state index in [1.54, 1.807) is 13.2 Å². The molecule has 1 aromatic carbocycles. The van der Waals surface area contributed by atoms with Crippen LogP contribution in [0.4, 0.5) is 8.78 Å². The Morgan fingerprint density at radius 2 is 2.00 bits per heavy atom. The highest BCUT2D eigenvalue weighted by Gasteiger charge is 2.13. The summed E-state index contributed by atoms with van der Waals surface area (Å²) in [6.45, 7) is 4.22. The zero-order valence-electron chi connectivity index (χ0n) is 11.4. The molecule has 0 heterocycles. The van der Waals surface area contributed by atoms with Gasteiger partial charge in [-0.3, -0.25) is 0 Å². The standard InChI is InChI=1S/C14H21F2NO2/c1-3-6-17-14(10-19-8-7-18-2)11-4-5-12(15)13(16)9-11/h4-5,9,14,17H,3,6-8,10H2,1-2H3. The number of nitrogens with one attached hydrogen (secondary N) is 1. The van der Waals surface area contributed by atoms with E-state index >= 15 is 0 Å². The van der Waals surface area contributed by atoms with Gasteiger partial charge in [0.1, 0.15) is 0 Å². The molecule has 1 N–H and O–H groups in total. The molecule has 108 valence electrons. The van der Waals surface area contributed by atoms with E-state index in [-0.39, 0.29) is 6.04 Å². The number of hydrogen-bond donors (Lipinski definition) is 1. The molecular weight excluding hydrogens is 252 g/mol. The molecule has 0 aliphatic heterocycles. The van der Waals surface area contributed by atoms with Crippen LogP contribution in [-0.4, -0.2) is 33.5 Å². The Balaban J connectivity index is 2.63. The lowest BCUT2D eigenvalue weighted by atomic mass is 10.1. The van der Waals surface area contributed by atoms with Crippen LogP contribution >= 0.6 is 0 Å². The van der Waals surface area contributed by atoms with Gasteiger partial charge in [-0.25, -0.2) is 8.78 Å². The summed E-state index contributed by atoms with van der Waals surface area (Å²) in [6, 6.07) is 3.78. The monoisotopic (exact) mass is 273 g/mol. The minimum absolute atomic E-state index is 0.146. The fourth-order valence-corrected chi connectivity index (χ4v) is 1.66. The van der Waals surface area contributed by atoms with Gasteiger partial charge in [-0.15, -0.1) is 0 Å². The van der Waals surface area contributed by atoms with Gasteiger partial charge in [0.05, 0.1) is 25.9 Å². The van der Waals surface area contributed by atoms with Crippen molar-refractivity contribution >= 4 is 0 Å². The van der Waals surface area contributed by atoms with E-state index in [9.17, 15) is 8.78 Å². The maximum atomic E-state index is 13.2. The highest BCUT2D eigenvalue weighted by Crippen LogP contribution is 2.17. The van der Waals surface area contributed by atoms with Gasteiger partial charge in [0.15, 0.2) is 11.6 Å². The van der Waals surface area contributed by atoms with Crippen LogP contribution in [0, 0.1) is 11.6 Å². The Morgan fingerprint density at radius 1 is 1.21 bits per heavy atom. The fraction of sp³-hybridized carbons (Fsp3) is 0.571. The SMILES string of the molecule is CCCNC(COCCOC)c1ccc(F)c(F)c1. The van der Waals surface area contributed by atoms with Crippen molar-refractivity contribution in [1.29, 1.82) is 0 Å². The molecule has 1 atom stereocenters.